The van der Waals surface area contributed by atoms with Crippen molar-refractivity contribution in [3.63, 3.8) is 0 Å². The van der Waals surface area contributed by atoms with Gasteiger partial charge in [-0.05, 0) is 67.2 Å². The summed E-state index contributed by atoms with van der Waals surface area (Å²) in [4.78, 5) is 0. The van der Waals surface area contributed by atoms with Crippen molar-refractivity contribution in [3.05, 3.63) is 114 Å². The first kappa shape index (κ1) is 20.8. The van der Waals surface area contributed by atoms with Gasteiger partial charge < -0.3 is 0 Å². The lowest BCUT2D eigenvalue weighted by Crippen LogP contribution is -2.37. The lowest BCUT2D eigenvalue weighted by Gasteiger charge is -2.18. The molecule has 0 nitrogen and oxygen atoms in total. The van der Waals surface area contributed by atoms with Crippen LogP contribution in [0.4, 0.5) is 0 Å². The molecule has 0 bridgehead atoms. The zero-order chi connectivity index (χ0) is 22.2. The SMILES string of the molecule is CCSCc1ccccc1[Si]1Cc2ccc3ccccc3c2-c2c(ccc3ccccc23)C1. The van der Waals surface area contributed by atoms with Gasteiger partial charge in [0.05, 0.1) is 8.80 Å². The summed E-state index contributed by atoms with van der Waals surface area (Å²) >= 11 is 2.04. The largest absolute Gasteiger partial charge is 0.158 e. The monoisotopic (exact) mass is 459 g/mol. The summed E-state index contributed by atoms with van der Waals surface area (Å²) in [5.41, 5.74) is 7.54. The fourth-order valence-corrected chi connectivity index (χ4v) is 9.21. The van der Waals surface area contributed by atoms with Gasteiger partial charge in [0.2, 0.25) is 0 Å². The molecule has 0 atom stereocenters. The third-order valence-corrected chi connectivity index (χ3v) is 10.7. The second kappa shape index (κ2) is 8.85. The van der Waals surface area contributed by atoms with Gasteiger partial charge in [-0.25, -0.2) is 0 Å². The Hall–Kier alpha value is -2.81. The van der Waals surface area contributed by atoms with Crippen LogP contribution in [0.3, 0.4) is 0 Å². The van der Waals surface area contributed by atoms with Gasteiger partial charge in [0.25, 0.3) is 0 Å². The molecule has 1 aliphatic rings. The maximum absolute atomic E-state index is 2.42. The van der Waals surface area contributed by atoms with Gasteiger partial charge in [-0.1, -0.05) is 109 Å². The van der Waals surface area contributed by atoms with E-state index < -0.39 is 8.80 Å². The van der Waals surface area contributed by atoms with Crippen molar-refractivity contribution in [1.82, 2.24) is 0 Å². The van der Waals surface area contributed by atoms with Crippen molar-refractivity contribution in [1.29, 1.82) is 0 Å². The normalized spacial score (nSPS) is 13.6. The Morgan fingerprint density at radius 1 is 0.636 bits per heavy atom. The Labute approximate surface area is 202 Å². The number of benzene rings is 5. The molecular formula is C31H27SSi. The number of fused-ring (bicyclic) bond motifs is 7. The lowest BCUT2D eigenvalue weighted by molar-refractivity contribution is 1.31. The first-order valence-corrected chi connectivity index (χ1v) is 14.9. The maximum Gasteiger partial charge on any atom is 0.0951 e. The van der Waals surface area contributed by atoms with Crippen LogP contribution in [-0.4, -0.2) is 14.5 Å². The fourth-order valence-electron chi connectivity index (χ4n) is 5.43. The van der Waals surface area contributed by atoms with Crippen LogP contribution in [0.1, 0.15) is 23.6 Å². The summed E-state index contributed by atoms with van der Waals surface area (Å²) in [6.45, 7) is 2.26. The second-order valence-corrected chi connectivity index (χ2v) is 12.6. The van der Waals surface area contributed by atoms with Crippen molar-refractivity contribution >= 4 is 47.3 Å². The molecule has 33 heavy (non-hydrogen) atoms. The summed E-state index contributed by atoms with van der Waals surface area (Å²) in [5, 5.41) is 7.09. The highest BCUT2D eigenvalue weighted by Crippen LogP contribution is 2.41. The van der Waals surface area contributed by atoms with Crippen molar-refractivity contribution in [2.24, 2.45) is 0 Å². The van der Waals surface area contributed by atoms with Crippen LogP contribution < -0.4 is 5.19 Å². The molecule has 0 N–H and O–H groups in total. The van der Waals surface area contributed by atoms with E-state index in [1.165, 1.54) is 61.6 Å². The molecule has 0 unspecified atom stereocenters. The minimum atomic E-state index is -0.794. The molecule has 0 aliphatic carbocycles. The summed E-state index contributed by atoms with van der Waals surface area (Å²) in [5.74, 6) is 2.29. The molecule has 2 heteroatoms. The van der Waals surface area contributed by atoms with Crippen LogP contribution in [0.25, 0.3) is 32.7 Å². The first-order valence-electron chi connectivity index (χ1n) is 11.9. The van der Waals surface area contributed by atoms with Crippen LogP contribution in [0.15, 0.2) is 97.1 Å². The highest BCUT2D eigenvalue weighted by Gasteiger charge is 2.27. The van der Waals surface area contributed by atoms with Gasteiger partial charge in [-0.2, -0.15) is 11.8 Å². The molecule has 1 aliphatic heterocycles. The molecule has 0 fully saturated rings. The Morgan fingerprint density at radius 3 is 1.79 bits per heavy atom. The van der Waals surface area contributed by atoms with Crippen LogP contribution >= 0.6 is 11.8 Å². The van der Waals surface area contributed by atoms with E-state index >= 15 is 0 Å². The van der Waals surface area contributed by atoms with Gasteiger partial charge in [0, 0.05) is 5.75 Å². The van der Waals surface area contributed by atoms with Crippen molar-refractivity contribution in [3.8, 4) is 11.1 Å². The quantitative estimate of drug-likeness (QED) is 0.251. The van der Waals surface area contributed by atoms with Crippen LogP contribution in [-0.2, 0) is 17.8 Å². The van der Waals surface area contributed by atoms with Crippen molar-refractivity contribution in [2.45, 2.75) is 24.8 Å². The van der Waals surface area contributed by atoms with Gasteiger partial charge in [-0.3, -0.25) is 0 Å². The van der Waals surface area contributed by atoms with Crippen LogP contribution in [0.2, 0.25) is 0 Å². The van der Waals surface area contributed by atoms with E-state index in [0.717, 1.165) is 5.75 Å². The molecule has 0 spiro atoms. The maximum atomic E-state index is 2.42. The Balaban J connectivity index is 1.62. The predicted octanol–water partition coefficient (Wildman–Crippen LogP) is 7.49. The third kappa shape index (κ3) is 3.72. The van der Waals surface area contributed by atoms with Crippen molar-refractivity contribution in [2.75, 3.05) is 5.75 Å². The van der Waals surface area contributed by atoms with Crippen molar-refractivity contribution < 1.29 is 0 Å². The molecule has 5 aromatic rings. The third-order valence-electron chi connectivity index (χ3n) is 6.95. The molecule has 1 heterocycles. The Morgan fingerprint density at radius 2 is 1.18 bits per heavy atom. The summed E-state index contributed by atoms with van der Waals surface area (Å²) in [7, 11) is -0.794. The smallest absolute Gasteiger partial charge is 0.0951 e. The highest BCUT2D eigenvalue weighted by molar-refractivity contribution is 7.98. The van der Waals surface area contributed by atoms with E-state index in [-0.39, 0.29) is 0 Å². The lowest BCUT2D eigenvalue weighted by atomic mass is 9.88. The van der Waals surface area contributed by atoms with E-state index in [9.17, 15) is 0 Å². The number of hydrogen-bond donors (Lipinski definition) is 0. The number of rotatable bonds is 4. The molecule has 0 amide bonds. The topological polar surface area (TPSA) is 0 Å². The highest BCUT2D eigenvalue weighted by atomic mass is 32.2. The standard InChI is InChI=1S/C31H27SSi/c1-2-32-19-24-11-5-8-14-29(24)33-20-25-17-15-22-9-3-6-12-27(22)30(25)31-26(21-33)18-16-23-10-4-7-13-28(23)31/h3-18H,2,19-21H2,1H3. The summed E-state index contributed by atoms with van der Waals surface area (Å²) < 4.78 is 0. The van der Waals surface area contributed by atoms with E-state index in [4.69, 9.17) is 0 Å². The first-order chi connectivity index (χ1) is 16.3. The summed E-state index contributed by atoms with van der Waals surface area (Å²) in [6.07, 6.45) is 0. The molecule has 0 aromatic heterocycles. The predicted molar refractivity (Wildman–Crippen MR) is 148 cm³/mol. The zero-order valence-corrected chi connectivity index (χ0v) is 20.8. The molecule has 161 valence electrons. The zero-order valence-electron chi connectivity index (χ0n) is 19.0. The second-order valence-electron chi connectivity index (χ2n) is 8.89. The molecule has 5 aromatic carbocycles. The van der Waals surface area contributed by atoms with E-state index in [1.807, 2.05) is 11.8 Å². The number of thioether (sulfide) groups is 1. The van der Waals surface area contributed by atoms with Gasteiger partial charge in [-0.15, -0.1) is 0 Å². The van der Waals surface area contributed by atoms with Gasteiger partial charge in [0.15, 0.2) is 0 Å². The number of hydrogen-bond acceptors (Lipinski definition) is 1. The van der Waals surface area contributed by atoms with Crippen LogP contribution in [0.5, 0.6) is 0 Å². The molecular weight excluding hydrogens is 432 g/mol. The Kier molecular flexibility index (Phi) is 5.57. The van der Waals surface area contributed by atoms with E-state index in [1.54, 1.807) is 10.8 Å². The molecule has 1 radical (unpaired) electrons. The average molecular weight is 460 g/mol. The van der Waals surface area contributed by atoms with Gasteiger partial charge >= 0.3 is 0 Å². The van der Waals surface area contributed by atoms with Crippen LogP contribution in [0, 0.1) is 0 Å². The van der Waals surface area contributed by atoms with E-state index in [0.29, 0.717) is 0 Å². The molecule has 0 saturated carbocycles. The minimum absolute atomic E-state index is 0.794. The van der Waals surface area contributed by atoms with E-state index in [2.05, 4.69) is 104 Å². The average Bonchev–Trinajstić information content (AvgIpc) is 3.05. The fraction of sp³-hybridized carbons (Fsp3) is 0.161. The summed E-state index contributed by atoms with van der Waals surface area (Å²) in [6, 6.07) is 39.0. The Bertz CT molecular complexity index is 1380. The molecule has 6 rings (SSSR count). The van der Waals surface area contributed by atoms with Gasteiger partial charge in [0.1, 0.15) is 0 Å². The molecule has 0 saturated heterocycles. The minimum Gasteiger partial charge on any atom is -0.158 e.